The zero-order valence-corrected chi connectivity index (χ0v) is 13.6. The maximum atomic E-state index is 5.83. The highest BCUT2D eigenvalue weighted by atomic mass is 14.9. The summed E-state index contributed by atoms with van der Waals surface area (Å²) in [6.45, 7) is 0. The quantitative estimate of drug-likeness (QED) is 0.482. The Hall–Kier alpha value is -3.53. The summed E-state index contributed by atoms with van der Waals surface area (Å²) in [5.41, 5.74) is 18.1. The summed E-state index contributed by atoms with van der Waals surface area (Å²) in [6, 6.07) is 25.6. The topological polar surface area (TPSA) is 80.7 Å². The van der Waals surface area contributed by atoms with Gasteiger partial charge in [-0.25, -0.2) is 4.98 Å². The van der Waals surface area contributed by atoms with E-state index < -0.39 is 0 Å². The first kappa shape index (κ1) is 15.0. The summed E-state index contributed by atoms with van der Waals surface area (Å²) in [4.78, 5) is 8.32. The molecule has 25 heavy (non-hydrogen) atoms. The molecule has 122 valence electrons. The van der Waals surface area contributed by atoms with Gasteiger partial charge in [-0.1, -0.05) is 54.6 Å². The number of anilines is 2. The molecule has 0 aliphatic carbocycles. The molecule has 0 bridgehead atoms. The molecule has 0 atom stereocenters. The Morgan fingerprint density at radius 3 is 1.76 bits per heavy atom. The van der Waals surface area contributed by atoms with E-state index in [0.29, 0.717) is 0 Å². The van der Waals surface area contributed by atoms with Gasteiger partial charge >= 0.3 is 0 Å². The standard InChI is InChI=1S/C21H18N4/c22-17-10-6-14(7-11-17)19-20(15-8-12-18(23)13-9-15)25-21(24-19)16-4-2-1-3-5-16/h1-13H,22-23H2,(H,24,25). The van der Waals surface area contributed by atoms with Crippen molar-refractivity contribution in [3.63, 3.8) is 0 Å². The van der Waals surface area contributed by atoms with Gasteiger partial charge in [-0.3, -0.25) is 0 Å². The van der Waals surface area contributed by atoms with Crippen molar-refractivity contribution in [1.29, 1.82) is 0 Å². The summed E-state index contributed by atoms with van der Waals surface area (Å²) in [7, 11) is 0. The van der Waals surface area contributed by atoms with E-state index in [0.717, 1.165) is 45.3 Å². The van der Waals surface area contributed by atoms with Crippen LogP contribution in [0.5, 0.6) is 0 Å². The smallest absolute Gasteiger partial charge is 0.138 e. The van der Waals surface area contributed by atoms with Crippen molar-refractivity contribution >= 4 is 11.4 Å². The van der Waals surface area contributed by atoms with Gasteiger partial charge in [-0.2, -0.15) is 0 Å². The minimum Gasteiger partial charge on any atom is -0.399 e. The zero-order chi connectivity index (χ0) is 17.2. The molecule has 3 aromatic carbocycles. The number of hydrogen-bond donors (Lipinski definition) is 3. The number of nitrogens with one attached hydrogen (secondary N) is 1. The van der Waals surface area contributed by atoms with E-state index in [9.17, 15) is 0 Å². The fraction of sp³-hybridized carbons (Fsp3) is 0. The molecule has 4 aromatic rings. The van der Waals surface area contributed by atoms with Gasteiger partial charge in [0.05, 0.1) is 11.4 Å². The van der Waals surface area contributed by atoms with Crippen LogP contribution in [0.2, 0.25) is 0 Å². The number of aromatic amines is 1. The monoisotopic (exact) mass is 326 g/mol. The minimum atomic E-state index is 0.733. The van der Waals surface area contributed by atoms with Crippen molar-refractivity contribution in [2.24, 2.45) is 0 Å². The van der Waals surface area contributed by atoms with Crippen molar-refractivity contribution in [2.75, 3.05) is 11.5 Å². The van der Waals surface area contributed by atoms with E-state index in [-0.39, 0.29) is 0 Å². The molecule has 0 unspecified atom stereocenters. The Bertz CT molecular complexity index is 922. The van der Waals surface area contributed by atoms with Crippen LogP contribution in [0.25, 0.3) is 33.9 Å². The van der Waals surface area contributed by atoms with Crippen molar-refractivity contribution < 1.29 is 0 Å². The molecule has 1 aromatic heterocycles. The van der Waals surface area contributed by atoms with Crippen LogP contribution in [0.1, 0.15) is 0 Å². The lowest BCUT2D eigenvalue weighted by Gasteiger charge is -2.04. The normalized spacial score (nSPS) is 10.7. The maximum absolute atomic E-state index is 5.83. The second-order valence-electron chi connectivity index (χ2n) is 5.92. The number of hydrogen-bond acceptors (Lipinski definition) is 3. The minimum absolute atomic E-state index is 0.733. The summed E-state index contributed by atoms with van der Waals surface area (Å²) >= 11 is 0. The molecule has 0 spiro atoms. The average molecular weight is 326 g/mol. The molecule has 5 N–H and O–H groups in total. The van der Waals surface area contributed by atoms with E-state index >= 15 is 0 Å². The Morgan fingerprint density at radius 1 is 0.600 bits per heavy atom. The molecule has 0 fully saturated rings. The van der Waals surface area contributed by atoms with Gasteiger partial charge in [-0.15, -0.1) is 0 Å². The third-order valence-corrected chi connectivity index (χ3v) is 4.13. The van der Waals surface area contributed by atoms with Crippen molar-refractivity contribution in [1.82, 2.24) is 9.97 Å². The third kappa shape index (κ3) is 2.97. The summed E-state index contributed by atoms with van der Waals surface area (Å²) in [6.07, 6.45) is 0. The average Bonchev–Trinajstić information content (AvgIpc) is 3.09. The lowest BCUT2D eigenvalue weighted by atomic mass is 10.0. The number of H-pyrrole nitrogens is 1. The van der Waals surface area contributed by atoms with Crippen molar-refractivity contribution in [3.05, 3.63) is 78.9 Å². The molecule has 0 saturated heterocycles. The predicted molar refractivity (Wildman–Crippen MR) is 104 cm³/mol. The highest BCUT2D eigenvalue weighted by molar-refractivity contribution is 5.82. The van der Waals surface area contributed by atoms with Crippen LogP contribution in [-0.2, 0) is 0 Å². The molecule has 4 heteroatoms. The molecule has 0 saturated carbocycles. The van der Waals surface area contributed by atoms with Gasteiger partial charge in [0.25, 0.3) is 0 Å². The van der Waals surface area contributed by atoms with Gasteiger partial charge in [0, 0.05) is 28.1 Å². The van der Waals surface area contributed by atoms with E-state index in [4.69, 9.17) is 16.5 Å². The maximum Gasteiger partial charge on any atom is 0.138 e. The van der Waals surface area contributed by atoms with Crippen LogP contribution in [-0.4, -0.2) is 9.97 Å². The number of nitrogens with two attached hydrogens (primary N) is 2. The number of rotatable bonds is 3. The molecular formula is C21H18N4. The van der Waals surface area contributed by atoms with Crippen LogP contribution in [0.3, 0.4) is 0 Å². The molecule has 0 radical (unpaired) electrons. The van der Waals surface area contributed by atoms with Gasteiger partial charge < -0.3 is 16.5 Å². The Labute approximate surface area is 146 Å². The number of benzene rings is 3. The molecular weight excluding hydrogens is 308 g/mol. The second-order valence-corrected chi connectivity index (χ2v) is 5.92. The van der Waals surface area contributed by atoms with Crippen LogP contribution in [0, 0.1) is 0 Å². The molecule has 0 aliphatic heterocycles. The van der Waals surface area contributed by atoms with E-state index in [2.05, 4.69) is 4.98 Å². The Morgan fingerprint density at radius 2 is 1.16 bits per heavy atom. The van der Waals surface area contributed by atoms with Crippen molar-refractivity contribution in [2.45, 2.75) is 0 Å². The predicted octanol–water partition coefficient (Wildman–Crippen LogP) is 4.58. The first-order valence-electron chi connectivity index (χ1n) is 8.08. The SMILES string of the molecule is Nc1ccc(-c2nc(-c3ccccc3)[nH]c2-c2ccc(N)cc2)cc1. The fourth-order valence-corrected chi connectivity index (χ4v) is 2.81. The highest BCUT2D eigenvalue weighted by Gasteiger charge is 2.15. The van der Waals surface area contributed by atoms with Gasteiger partial charge in [0.1, 0.15) is 5.82 Å². The molecule has 4 nitrogen and oxygen atoms in total. The fourth-order valence-electron chi connectivity index (χ4n) is 2.81. The van der Waals surface area contributed by atoms with Crippen LogP contribution in [0.15, 0.2) is 78.9 Å². The number of nitrogens with zero attached hydrogens (tertiary/aromatic N) is 1. The summed E-state index contributed by atoms with van der Waals surface area (Å²) in [5.74, 6) is 0.833. The van der Waals surface area contributed by atoms with E-state index in [1.807, 2.05) is 78.9 Å². The molecule has 1 heterocycles. The van der Waals surface area contributed by atoms with Gasteiger partial charge in [0.15, 0.2) is 0 Å². The second kappa shape index (κ2) is 6.17. The van der Waals surface area contributed by atoms with Crippen LogP contribution < -0.4 is 11.5 Å². The van der Waals surface area contributed by atoms with E-state index in [1.165, 1.54) is 0 Å². The largest absolute Gasteiger partial charge is 0.399 e. The Kier molecular flexibility index (Phi) is 3.71. The van der Waals surface area contributed by atoms with Crippen LogP contribution >= 0.6 is 0 Å². The zero-order valence-electron chi connectivity index (χ0n) is 13.6. The number of nitrogen functional groups attached to an aromatic ring is 2. The lowest BCUT2D eigenvalue weighted by molar-refractivity contribution is 1.31. The van der Waals surface area contributed by atoms with Gasteiger partial charge in [0.2, 0.25) is 0 Å². The van der Waals surface area contributed by atoms with E-state index in [1.54, 1.807) is 0 Å². The summed E-state index contributed by atoms with van der Waals surface area (Å²) in [5, 5.41) is 0. The first-order valence-corrected chi connectivity index (χ1v) is 8.08. The van der Waals surface area contributed by atoms with Gasteiger partial charge in [-0.05, 0) is 24.3 Å². The summed E-state index contributed by atoms with van der Waals surface area (Å²) < 4.78 is 0. The third-order valence-electron chi connectivity index (χ3n) is 4.13. The van der Waals surface area contributed by atoms with Crippen LogP contribution in [0.4, 0.5) is 11.4 Å². The highest BCUT2D eigenvalue weighted by Crippen LogP contribution is 2.33. The molecule has 0 aliphatic rings. The molecule has 0 amide bonds. The number of aromatic nitrogens is 2. The lowest BCUT2D eigenvalue weighted by Crippen LogP contribution is -1.88. The van der Waals surface area contributed by atoms with Crippen molar-refractivity contribution in [3.8, 4) is 33.9 Å². The molecule has 4 rings (SSSR count). The Balaban J connectivity index is 1.89. The first-order chi connectivity index (χ1) is 12.2. The number of imidazole rings is 1.